The molecule has 0 saturated heterocycles. The molecule has 0 radical (unpaired) electrons. The number of carbonyl (C=O) groups excluding carboxylic acids is 1. The second-order valence-corrected chi connectivity index (χ2v) is 9.40. The van der Waals surface area contributed by atoms with Gasteiger partial charge >= 0.3 is 6.03 Å². The van der Waals surface area contributed by atoms with E-state index in [1.165, 1.54) is 12.1 Å². The van der Waals surface area contributed by atoms with Crippen LogP contribution in [0.5, 0.6) is 0 Å². The van der Waals surface area contributed by atoms with Gasteiger partial charge in [0.15, 0.2) is 0 Å². The van der Waals surface area contributed by atoms with Crippen molar-refractivity contribution in [2.45, 2.75) is 39.2 Å². The molecule has 0 aliphatic rings. The third-order valence-electron chi connectivity index (χ3n) is 6.08. The van der Waals surface area contributed by atoms with Crippen LogP contribution in [0.25, 0.3) is 16.6 Å². The van der Waals surface area contributed by atoms with Crippen LogP contribution in [0.2, 0.25) is 0 Å². The van der Waals surface area contributed by atoms with E-state index < -0.39 is 17.9 Å². The summed E-state index contributed by atoms with van der Waals surface area (Å²) >= 11 is 3.45. The Morgan fingerprint density at radius 1 is 1.06 bits per heavy atom. The molecule has 1 heterocycles. The smallest absolute Gasteiger partial charge is 0.314 e. The summed E-state index contributed by atoms with van der Waals surface area (Å²) in [4.78, 5) is 33.8. The molecule has 0 spiro atoms. The maximum absolute atomic E-state index is 14.3. The fourth-order valence-electron chi connectivity index (χ4n) is 4.23. The number of amides is 2. The molecular formula is C28H28BrFN4O2. The lowest BCUT2D eigenvalue weighted by Crippen LogP contribution is -2.41. The van der Waals surface area contributed by atoms with Gasteiger partial charge in [-0.3, -0.25) is 9.36 Å². The van der Waals surface area contributed by atoms with Gasteiger partial charge in [-0.05, 0) is 61.4 Å². The van der Waals surface area contributed by atoms with Gasteiger partial charge in [0.25, 0.3) is 5.56 Å². The van der Waals surface area contributed by atoms with E-state index in [-0.39, 0.29) is 11.2 Å². The Kier molecular flexibility index (Phi) is 8.15. The molecule has 0 aliphatic carbocycles. The first kappa shape index (κ1) is 25.6. The Hall–Kier alpha value is -3.52. The number of benzene rings is 3. The Morgan fingerprint density at radius 3 is 2.44 bits per heavy atom. The summed E-state index contributed by atoms with van der Waals surface area (Å²) in [5, 5.41) is 3.21. The Bertz CT molecular complexity index is 1420. The molecule has 186 valence electrons. The van der Waals surface area contributed by atoms with E-state index >= 15 is 0 Å². The van der Waals surface area contributed by atoms with Crippen LogP contribution in [0.1, 0.15) is 45.0 Å². The lowest BCUT2D eigenvalue weighted by Gasteiger charge is -2.32. The number of hydrogen-bond acceptors (Lipinski definition) is 3. The van der Waals surface area contributed by atoms with Crippen molar-refractivity contribution in [3.05, 3.63) is 99.3 Å². The minimum absolute atomic E-state index is 0.107. The molecule has 3 aromatic carbocycles. The molecule has 6 nitrogen and oxygen atoms in total. The van der Waals surface area contributed by atoms with E-state index in [1.54, 1.807) is 33.7 Å². The number of nitrogens with zero attached hydrogens (tertiary/aromatic N) is 3. The summed E-state index contributed by atoms with van der Waals surface area (Å²) in [6.07, 6.45) is 2.12. The molecular weight excluding hydrogens is 523 g/mol. The number of nitrogens with one attached hydrogen (secondary N) is 1. The van der Waals surface area contributed by atoms with E-state index in [1.807, 2.05) is 50.2 Å². The lowest BCUT2D eigenvalue weighted by atomic mass is 10.1. The van der Waals surface area contributed by atoms with Crippen molar-refractivity contribution in [1.29, 1.82) is 0 Å². The fraction of sp³-hybridized carbons (Fsp3) is 0.250. The first-order valence-corrected chi connectivity index (χ1v) is 12.8. The minimum Gasteiger partial charge on any atom is -0.314 e. The van der Waals surface area contributed by atoms with Crippen LogP contribution in [-0.4, -0.2) is 27.0 Å². The summed E-state index contributed by atoms with van der Waals surface area (Å²) in [5.74, 6) is -0.0479. The zero-order chi connectivity index (χ0) is 25.7. The lowest BCUT2D eigenvalue weighted by molar-refractivity contribution is 0.180. The Balaban J connectivity index is 1.87. The Morgan fingerprint density at radius 2 is 1.75 bits per heavy atom. The predicted octanol–water partition coefficient (Wildman–Crippen LogP) is 7.07. The largest absolute Gasteiger partial charge is 0.322 e. The number of rotatable bonds is 8. The average Bonchev–Trinajstić information content (AvgIpc) is 2.88. The van der Waals surface area contributed by atoms with E-state index in [9.17, 15) is 14.0 Å². The number of hydrogen-bond donors (Lipinski definition) is 1. The summed E-state index contributed by atoms with van der Waals surface area (Å²) in [6, 6.07) is 19.7. The van der Waals surface area contributed by atoms with Crippen LogP contribution in [-0.2, 0) is 0 Å². The Labute approximate surface area is 217 Å². The van der Waals surface area contributed by atoms with Crippen molar-refractivity contribution in [1.82, 2.24) is 14.5 Å². The summed E-state index contributed by atoms with van der Waals surface area (Å²) in [6.45, 7) is 4.42. The number of aromatic nitrogens is 2. The highest BCUT2D eigenvalue weighted by molar-refractivity contribution is 9.10. The maximum atomic E-state index is 14.3. The van der Waals surface area contributed by atoms with Gasteiger partial charge in [0.1, 0.15) is 11.6 Å². The first-order chi connectivity index (χ1) is 17.4. The van der Waals surface area contributed by atoms with Crippen LogP contribution in [0.3, 0.4) is 0 Å². The van der Waals surface area contributed by atoms with E-state index in [0.717, 1.165) is 17.3 Å². The maximum Gasteiger partial charge on any atom is 0.322 e. The fourth-order valence-corrected chi connectivity index (χ4v) is 4.50. The van der Waals surface area contributed by atoms with Crippen molar-refractivity contribution < 1.29 is 9.18 Å². The molecule has 1 aromatic heterocycles. The normalized spacial score (nSPS) is 11.9. The third-order valence-corrected chi connectivity index (χ3v) is 6.60. The molecule has 1 N–H and O–H groups in total. The van der Waals surface area contributed by atoms with Crippen LogP contribution in [0.15, 0.2) is 82.1 Å². The number of unbranched alkanes of at least 4 members (excludes halogenated alkanes) is 1. The third kappa shape index (κ3) is 5.33. The molecule has 8 heteroatoms. The van der Waals surface area contributed by atoms with Crippen LogP contribution in [0, 0.1) is 5.82 Å². The van der Waals surface area contributed by atoms with E-state index in [4.69, 9.17) is 4.98 Å². The molecule has 1 unspecified atom stereocenters. The molecule has 4 rings (SSSR count). The van der Waals surface area contributed by atoms with Crippen molar-refractivity contribution >= 4 is 38.6 Å². The number of urea groups is 1. The SMILES string of the molecule is CCCCN(C(=O)Nc1ccccc1F)C(CC)c1nc2ccccc2c(=O)n1-c1ccc(Br)cc1. The van der Waals surface area contributed by atoms with Crippen LogP contribution < -0.4 is 10.9 Å². The van der Waals surface area contributed by atoms with Gasteiger partial charge in [-0.2, -0.15) is 0 Å². The molecule has 0 aliphatic heterocycles. The highest BCUT2D eigenvalue weighted by Crippen LogP contribution is 2.28. The highest BCUT2D eigenvalue weighted by atomic mass is 79.9. The average molecular weight is 551 g/mol. The van der Waals surface area contributed by atoms with Crippen LogP contribution in [0.4, 0.5) is 14.9 Å². The number of fused-ring (bicyclic) bond motifs is 1. The standard InChI is InChI=1S/C28H28BrFN4O2/c1-3-5-18-33(28(36)32-24-13-9-7-11-22(24)30)25(4-2)26-31-23-12-8-6-10-21(23)27(35)34(26)20-16-14-19(29)15-17-20/h6-17,25H,3-5,18H2,1-2H3,(H,32,36). The number of para-hydroxylation sites is 2. The number of anilines is 1. The van der Waals surface area contributed by atoms with Gasteiger partial charge in [-0.15, -0.1) is 0 Å². The summed E-state index contributed by atoms with van der Waals surface area (Å²) < 4.78 is 16.8. The molecule has 0 bridgehead atoms. The summed E-state index contributed by atoms with van der Waals surface area (Å²) in [7, 11) is 0. The van der Waals surface area contributed by atoms with Crippen molar-refractivity contribution in [3.63, 3.8) is 0 Å². The zero-order valence-corrected chi connectivity index (χ0v) is 21.8. The summed E-state index contributed by atoms with van der Waals surface area (Å²) in [5.41, 5.74) is 1.12. The first-order valence-electron chi connectivity index (χ1n) is 12.0. The van der Waals surface area contributed by atoms with Crippen molar-refractivity contribution in [3.8, 4) is 5.69 Å². The topological polar surface area (TPSA) is 67.2 Å². The van der Waals surface area contributed by atoms with Gasteiger partial charge in [-0.1, -0.05) is 60.5 Å². The van der Waals surface area contributed by atoms with Crippen molar-refractivity contribution in [2.24, 2.45) is 0 Å². The predicted molar refractivity (Wildman–Crippen MR) is 145 cm³/mol. The van der Waals surface area contributed by atoms with Gasteiger partial charge < -0.3 is 10.2 Å². The molecule has 1 atom stereocenters. The molecule has 0 saturated carbocycles. The van der Waals surface area contributed by atoms with Crippen LogP contribution >= 0.6 is 15.9 Å². The number of carbonyl (C=O) groups is 1. The van der Waals surface area contributed by atoms with E-state index in [0.29, 0.717) is 35.4 Å². The molecule has 2 amide bonds. The highest BCUT2D eigenvalue weighted by Gasteiger charge is 2.29. The van der Waals surface area contributed by atoms with Gasteiger partial charge in [0, 0.05) is 11.0 Å². The second-order valence-electron chi connectivity index (χ2n) is 8.49. The molecule has 36 heavy (non-hydrogen) atoms. The minimum atomic E-state index is -0.524. The molecule has 0 fully saturated rings. The van der Waals surface area contributed by atoms with Gasteiger partial charge in [0.05, 0.1) is 28.3 Å². The number of halogens is 2. The zero-order valence-electron chi connectivity index (χ0n) is 20.2. The van der Waals surface area contributed by atoms with Gasteiger partial charge in [-0.25, -0.2) is 14.2 Å². The van der Waals surface area contributed by atoms with Gasteiger partial charge in [0.2, 0.25) is 0 Å². The van der Waals surface area contributed by atoms with Crippen molar-refractivity contribution in [2.75, 3.05) is 11.9 Å². The quantitative estimate of drug-likeness (QED) is 0.255. The second kappa shape index (κ2) is 11.5. The molecule has 4 aromatic rings. The monoisotopic (exact) mass is 550 g/mol. The van der Waals surface area contributed by atoms with E-state index in [2.05, 4.69) is 21.2 Å².